The highest BCUT2D eigenvalue weighted by molar-refractivity contribution is 6.24. The third-order valence-corrected chi connectivity index (χ3v) is 8.35. The number of aliphatic hydroxyl groups is 3. The second-order valence-electron chi connectivity index (χ2n) is 11.0. The largest absolute Gasteiger partial charge is 0.511 e. The van der Waals surface area contributed by atoms with Crippen LogP contribution < -0.4 is 16.0 Å². The zero-order chi connectivity index (χ0) is 28.9. The minimum Gasteiger partial charge on any atom is -0.511 e. The lowest BCUT2D eigenvalue weighted by atomic mass is 9.60. The van der Waals surface area contributed by atoms with Crippen LogP contribution in [0.4, 0.5) is 5.69 Å². The Kier molecular flexibility index (Phi) is 6.93. The molecule has 0 radical (unpaired) electrons. The number of hydrogen-bond donors (Lipinski definition) is 6. The Morgan fingerprint density at radius 1 is 1.12 bits per heavy atom. The first-order valence-electron chi connectivity index (χ1n) is 13.2. The molecule has 1 amide bonds. The van der Waals surface area contributed by atoms with Gasteiger partial charge in [0.05, 0.1) is 5.56 Å². The lowest BCUT2D eigenvalue weighted by molar-refractivity contribution is -0.144. The lowest BCUT2D eigenvalue weighted by Gasteiger charge is -2.46. The normalized spacial score (nSPS) is 24.0. The van der Waals surface area contributed by atoms with Gasteiger partial charge >= 0.3 is 0 Å². The molecule has 2 aromatic rings. The summed E-state index contributed by atoms with van der Waals surface area (Å²) in [6.07, 6.45) is 0.880. The van der Waals surface area contributed by atoms with E-state index in [-0.39, 0.29) is 42.7 Å². The quantitative estimate of drug-likeness (QED) is 0.224. The second-order valence-corrected chi connectivity index (χ2v) is 11.0. The van der Waals surface area contributed by atoms with E-state index in [1.807, 2.05) is 55.4 Å². The van der Waals surface area contributed by atoms with E-state index in [0.717, 1.165) is 17.7 Å². The van der Waals surface area contributed by atoms with E-state index in [1.165, 1.54) is 0 Å². The van der Waals surface area contributed by atoms with Gasteiger partial charge in [-0.1, -0.05) is 30.3 Å². The summed E-state index contributed by atoms with van der Waals surface area (Å²) >= 11 is 0. The van der Waals surface area contributed by atoms with Crippen LogP contribution in [0.3, 0.4) is 0 Å². The summed E-state index contributed by atoms with van der Waals surface area (Å²) in [4.78, 5) is 40.8. The molecular formula is C30H33N3O7. The Labute approximate surface area is 231 Å². The minimum atomic E-state index is -2.58. The van der Waals surface area contributed by atoms with Gasteiger partial charge < -0.3 is 36.4 Å². The highest BCUT2D eigenvalue weighted by Crippen LogP contribution is 2.52. The molecule has 210 valence electrons. The minimum absolute atomic E-state index is 0.0164. The number of benzene rings is 2. The van der Waals surface area contributed by atoms with Crippen molar-refractivity contribution in [1.29, 1.82) is 0 Å². The molecule has 3 atom stereocenters. The number of hydrogen-bond acceptors (Lipinski definition) is 9. The molecule has 0 saturated heterocycles. The lowest BCUT2D eigenvalue weighted by Crippen LogP contribution is -2.57. The molecule has 0 bridgehead atoms. The van der Waals surface area contributed by atoms with E-state index in [1.54, 1.807) is 0 Å². The number of aromatic hydroxyl groups is 1. The number of allylic oxidation sites excluding steroid dienone is 2. The maximum absolute atomic E-state index is 13.9. The number of fused-ring (bicyclic) bond motifs is 3. The van der Waals surface area contributed by atoms with Crippen molar-refractivity contribution >= 4 is 23.2 Å². The van der Waals surface area contributed by atoms with Crippen molar-refractivity contribution in [3.8, 4) is 5.75 Å². The van der Waals surface area contributed by atoms with Gasteiger partial charge in [-0.25, -0.2) is 0 Å². The van der Waals surface area contributed by atoms with Crippen molar-refractivity contribution in [2.45, 2.75) is 37.8 Å². The molecule has 3 aliphatic rings. The molecule has 0 spiro atoms. The molecule has 10 heteroatoms. The molecule has 0 aliphatic heterocycles. The molecule has 0 unspecified atom stereocenters. The van der Waals surface area contributed by atoms with Crippen LogP contribution in [-0.4, -0.2) is 64.1 Å². The predicted octanol–water partition coefficient (Wildman–Crippen LogP) is 1.98. The number of carbonyl (C=O) groups excluding carboxylic acids is 3. The Balaban J connectivity index is 1.52. The van der Waals surface area contributed by atoms with Crippen LogP contribution in [-0.2, 0) is 29.0 Å². The number of nitrogens with one attached hydrogen (secondary N) is 1. The van der Waals surface area contributed by atoms with Gasteiger partial charge in [0.25, 0.3) is 5.91 Å². The highest BCUT2D eigenvalue weighted by Gasteiger charge is 2.59. The molecule has 0 aromatic heterocycles. The summed E-state index contributed by atoms with van der Waals surface area (Å²) in [6, 6.07) is 11.8. The zero-order valence-corrected chi connectivity index (χ0v) is 22.4. The fraction of sp³-hybridized carbons (Fsp3) is 0.367. The van der Waals surface area contributed by atoms with Gasteiger partial charge in [-0.2, -0.15) is 0 Å². The summed E-state index contributed by atoms with van der Waals surface area (Å²) in [7, 11) is 3.67. The van der Waals surface area contributed by atoms with Crippen molar-refractivity contribution in [2.75, 3.05) is 25.5 Å². The first-order valence-corrected chi connectivity index (χ1v) is 13.2. The van der Waals surface area contributed by atoms with Crippen molar-refractivity contribution < 1.29 is 34.8 Å². The molecule has 0 heterocycles. The average Bonchev–Trinajstić information content (AvgIpc) is 2.90. The van der Waals surface area contributed by atoms with Gasteiger partial charge in [-0.3, -0.25) is 14.4 Å². The van der Waals surface area contributed by atoms with E-state index in [4.69, 9.17) is 5.73 Å². The SMILES string of the molecule is CN(C)c1cc(CNCCc2ccccc2)c(O)c2c1C[C@H]1C[C@H]3CC(O)=C(C(N)=O)C(=O)[C@@]3(O)C(O)=C1C2=O. The van der Waals surface area contributed by atoms with E-state index >= 15 is 0 Å². The molecule has 5 rings (SSSR count). The number of nitrogens with two attached hydrogens (primary N) is 1. The van der Waals surface area contributed by atoms with Crippen LogP contribution in [0.25, 0.3) is 0 Å². The molecule has 3 aliphatic carbocycles. The Hall–Kier alpha value is -4.15. The summed E-state index contributed by atoms with van der Waals surface area (Å²) in [5, 5.41) is 47.6. The van der Waals surface area contributed by atoms with Gasteiger partial charge in [-0.05, 0) is 48.9 Å². The van der Waals surface area contributed by atoms with Gasteiger partial charge in [0.2, 0.25) is 5.78 Å². The number of primary amides is 1. The van der Waals surface area contributed by atoms with Crippen molar-refractivity contribution in [2.24, 2.45) is 17.6 Å². The summed E-state index contributed by atoms with van der Waals surface area (Å²) in [5.74, 6) is -6.30. The number of nitrogens with zero attached hydrogens (tertiary/aromatic N) is 1. The maximum atomic E-state index is 13.9. The number of Topliss-reactive ketones (excluding diaryl/α,β-unsaturated/α-hetero) is 2. The van der Waals surface area contributed by atoms with Gasteiger partial charge in [0, 0.05) is 49.8 Å². The van der Waals surface area contributed by atoms with Crippen LogP contribution in [0, 0.1) is 11.8 Å². The Bertz CT molecular complexity index is 1480. The van der Waals surface area contributed by atoms with Gasteiger partial charge in [0.15, 0.2) is 11.4 Å². The number of phenols is 1. The van der Waals surface area contributed by atoms with Gasteiger partial charge in [0.1, 0.15) is 22.8 Å². The molecule has 0 fully saturated rings. The number of carbonyl (C=O) groups is 3. The standard InChI is InChI=1S/C30H33N3O7/c1-33(2)20-12-17(14-32-9-8-15-6-4-3-5-7-15)25(35)23-19(20)11-16-10-18-13-21(34)24(29(31)39)28(38)30(18,40)27(37)22(16)26(23)36/h3-7,12,16,18,32,34-35,37,40H,8-11,13-14H2,1-2H3,(H2,31,39)/t16-,18+,30+/m1/s1. The van der Waals surface area contributed by atoms with Gasteiger partial charge in [-0.15, -0.1) is 0 Å². The highest BCUT2D eigenvalue weighted by atomic mass is 16.3. The summed E-state index contributed by atoms with van der Waals surface area (Å²) < 4.78 is 0. The molecule has 40 heavy (non-hydrogen) atoms. The smallest absolute Gasteiger partial charge is 0.255 e. The van der Waals surface area contributed by atoms with Crippen LogP contribution >= 0.6 is 0 Å². The first-order chi connectivity index (χ1) is 19.0. The van der Waals surface area contributed by atoms with Crippen LogP contribution in [0.1, 0.15) is 39.9 Å². The number of anilines is 1. The van der Waals surface area contributed by atoms with Crippen molar-refractivity contribution in [3.63, 3.8) is 0 Å². The second kappa shape index (κ2) is 10.1. The Morgan fingerprint density at radius 2 is 1.82 bits per heavy atom. The monoisotopic (exact) mass is 547 g/mol. The predicted molar refractivity (Wildman–Crippen MR) is 147 cm³/mol. The number of phenolic OH excluding ortho intramolecular Hbond substituents is 1. The molecule has 10 nitrogen and oxygen atoms in total. The third-order valence-electron chi connectivity index (χ3n) is 8.35. The van der Waals surface area contributed by atoms with E-state index in [2.05, 4.69) is 5.32 Å². The number of rotatable bonds is 7. The number of aliphatic hydroxyl groups excluding tert-OH is 2. The van der Waals surface area contributed by atoms with E-state index in [9.17, 15) is 34.8 Å². The first kappa shape index (κ1) is 27.4. The number of amides is 1. The fourth-order valence-corrected chi connectivity index (χ4v) is 6.36. The fourth-order valence-electron chi connectivity index (χ4n) is 6.36. The molecule has 7 N–H and O–H groups in total. The average molecular weight is 548 g/mol. The molecular weight excluding hydrogens is 514 g/mol. The Morgan fingerprint density at radius 3 is 2.48 bits per heavy atom. The van der Waals surface area contributed by atoms with Crippen molar-refractivity contribution in [3.05, 3.63) is 81.3 Å². The maximum Gasteiger partial charge on any atom is 0.255 e. The van der Waals surface area contributed by atoms with Crippen LogP contribution in [0.2, 0.25) is 0 Å². The zero-order valence-electron chi connectivity index (χ0n) is 22.4. The van der Waals surface area contributed by atoms with Crippen LogP contribution in [0.5, 0.6) is 5.75 Å². The van der Waals surface area contributed by atoms with Crippen molar-refractivity contribution in [1.82, 2.24) is 5.32 Å². The van der Waals surface area contributed by atoms with E-state index < -0.39 is 52.0 Å². The number of ketones is 2. The molecule has 0 saturated carbocycles. The third kappa shape index (κ3) is 4.24. The van der Waals surface area contributed by atoms with E-state index in [0.29, 0.717) is 17.7 Å². The summed E-state index contributed by atoms with van der Waals surface area (Å²) in [5.41, 5.74) is 4.75. The topological polar surface area (TPSA) is 173 Å². The summed E-state index contributed by atoms with van der Waals surface area (Å²) in [6.45, 7) is 0.921. The molecule has 2 aromatic carbocycles. The van der Waals surface area contributed by atoms with Crippen LogP contribution in [0.15, 0.2) is 59.1 Å².